The second-order valence-electron chi connectivity index (χ2n) is 7.38. The van der Waals surface area contributed by atoms with Crippen LogP contribution in [0, 0.1) is 0 Å². The average Bonchev–Trinajstić information content (AvgIpc) is 3.00. The molecule has 9 nitrogen and oxygen atoms in total. The van der Waals surface area contributed by atoms with Crippen molar-refractivity contribution in [2.24, 2.45) is 0 Å². The monoisotopic (exact) mass is 384 g/mol. The van der Waals surface area contributed by atoms with Gasteiger partial charge in [0.05, 0.1) is 12.2 Å². The van der Waals surface area contributed by atoms with E-state index >= 15 is 0 Å². The Kier molecular flexibility index (Phi) is 5.68. The third-order valence-electron chi connectivity index (χ3n) is 5.60. The molecule has 9 heteroatoms. The van der Waals surface area contributed by atoms with E-state index < -0.39 is 0 Å². The topological polar surface area (TPSA) is 92.1 Å². The number of rotatable bonds is 4. The predicted octanol–water partition coefficient (Wildman–Crippen LogP) is 1.78. The van der Waals surface area contributed by atoms with Gasteiger partial charge >= 0.3 is 6.03 Å². The molecule has 1 unspecified atom stereocenters. The Morgan fingerprint density at radius 1 is 1.11 bits per heavy atom. The number of carbonyl (C=O) groups excluding carboxylic acids is 1. The lowest BCUT2D eigenvalue weighted by Crippen LogP contribution is -2.52. The largest absolute Gasteiger partial charge is 0.352 e. The number of nitrogens with one attached hydrogen (secondary N) is 1. The van der Waals surface area contributed by atoms with Crippen LogP contribution in [0.1, 0.15) is 50.3 Å². The van der Waals surface area contributed by atoms with Crippen molar-refractivity contribution in [2.45, 2.75) is 51.6 Å². The van der Waals surface area contributed by atoms with Gasteiger partial charge in [-0.25, -0.2) is 9.78 Å². The highest BCUT2D eigenvalue weighted by molar-refractivity contribution is 5.75. The van der Waals surface area contributed by atoms with Crippen molar-refractivity contribution in [3.63, 3.8) is 0 Å². The molecular weight excluding hydrogens is 356 g/mol. The van der Waals surface area contributed by atoms with E-state index in [0.29, 0.717) is 13.1 Å². The van der Waals surface area contributed by atoms with Crippen molar-refractivity contribution in [1.29, 1.82) is 0 Å². The van der Waals surface area contributed by atoms with E-state index in [-0.39, 0.29) is 12.1 Å². The molecule has 28 heavy (non-hydrogen) atoms. The zero-order chi connectivity index (χ0) is 19.3. The van der Waals surface area contributed by atoms with Crippen LogP contribution in [0.2, 0.25) is 0 Å². The van der Waals surface area contributed by atoms with Gasteiger partial charge in [-0.2, -0.15) is 0 Å². The van der Waals surface area contributed by atoms with Gasteiger partial charge in [-0.15, -0.1) is 10.2 Å². The Morgan fingerprint density at radius 3 is 2.71 bits per heavy atom. The fourth-order valence-corrected chi connectivity index (χ4v) is 3.95. The van der Waals surface area contributed by atoms with Crippen LogP contribution in [0.25, 0.3) is 0 Å². The minimum atomic E-state index is -0.107. The first-order valence-electron chi connectivity index (χ1n) is 10.2. The van der Waals surface area contributed by atoms with Gasteiger partial charge in [0, 0.05) is 51.5 Å². The highest BCUT2D eigenvalue weighted by atomic mass is 16.2. The number of aromatic nitrogens is 5. The van der Waals surface area contributed by atoms with Gasteiger partial charge in [-0.3, -0.25) is 4.98 Å². The SMILES string of the molecule is CCC(NC(=O)N1CCN(c2cnccn2)CC1)c1nnc2n1CCCCC2. The zero-order valence-corrected chi connectivity index (χ0v) is 16.4. The smallest absolute Gasteiger partial charge is 0.318 e. The minimum Gasteiger partial charge on any atom is -0.352 e. The number of carbonyl (C=O) groups is 1. The average molecular weight is 384 g/mol. The van der Waals surface area contributed by atoms with Gasteiger partial charge in [-0.05, 0) is 19.3 Å². The summed E-state index contributed by atoms with van der Waals surface area (Å²) in [6, 6.07) is -0.138. The van der Waals surface area contributed by atoms with E-state index in [1.54, 1.807) is 18.6 Å². The summed E-state index contributed by atoms with van der Waals surface area (Å²) >= 11 is 0. The molecule has 2 aliphatic heterocycles. The molecule has 0 radical (unpaired) electrons. The lowest BCUT2D eigenvalue weighted by atomic mass is 10.2. The molecule has 1 saturated heterocycles. The number of hydrogen-bond donors (Lipinski definition) is 1. The maximum atomic E-state index is 12.9. The van der Waals surface area contributed by atoms with Gasteiger partial charge in [0.2, 0.25) is 0 Å². The molecule has 0 saturated carbocycles. The van der Waals surface area contributed by atoms with E-state index in [9.17, 15) is 4.79 Å². The summed E-state index contributed by atoms with van der Waals surface area (Å²) < 4.78 is 2.22. The standard InChI is InChI=1S/C19H28N8O/c1-2-15(18-24-23-16-6-4-3-5-9-27(16)18)22-19(28)26-12-10-25(11-13-26)17-14-20-7-8-21-17/h7-8,14-15H,2-6,9-13H2,1H3,(H,22,28). The molecule has 2 aromatic heterocycles. The van der Waals surface area contributed by atoms with Crippen LogP contribution in [0.3, 0.4) is 0 Å². The molecule has 1 atom stereocenters. The van der Waals surface area contributed by atoms with E-state index in [0.717, 1.165) is 62.8 Å². The third kappa shape index (κ3) is 3.93. The second kappa shape index (κ2) is 8.53. The van der Waals surface area contributed by atoms with Gasteiger partial charge in [0.25, 0.3) is 0 Å². The van der Waals surface area contributed by atoms with E-state index in [2.05, 4.69) is 41.9 Å². The number of fused-ring (bicyclic) bond motifs is 1. The first kappa shape index (κ1) is 18.6. The van der Waals surface area contributed by atoms with Gasteiger partial charge in [-0.1, -0.05) is 13.3 Å². The number of amides is 2. The maximum Gasteiger partial charge on any atom is 0.318 e. The molecule has 1 N–H and O–H groups in total. The Balaban J connectivity index is 1.37. The number of nitrogens with zero attached hydrogens (tertiary/aromatic N) is 7. The number of urea groups is 1. The van der Waals surface area contributed by atoms with Crippen LogP contribution in [0.4, 0.5) is 10.6 Å². The summed E-state index contributed by atoms with van der Waals surface area (Å²) in [6.45, 7) is 5.86. The van der Waals surface area contributed by atoms with Crippen molar-refractivity contribution in [3.05, 3.63) is 30.2 Å². The van der Waals surface area contributed by atoms with Crippen LogP contribution in [0.5, 0.6) is 0 Å². The number of piperazine rings is 1. The van der Waals surface area contributed by atoms with Crippen molar-refractivity contribution in [2.75, 3.05) is 31.1 Å². The molecule has 0 aliphatic carbocycles. The summed E-state index contributed by atoms with van der Waals surface area (Å²) in [4.78, 5) is 25.3. The Bertz CT molecular complexity index is 784. The molecule has 2 amide bonds. The molecule has 2 aromatic rings. The lowest BCUT2D eigenvalue weighted by Gasteiger charge is -2.35. The van der Waals surface area contributed by atoms with Crippen LogP contribution >= 0.6 is 0 Å². The summed E-state index contributed by atoms with van der Waals surface area (Å²) in [6.07, 6.45) is 10.4. The highest BCUT2D eigenvalue weighted by Gasteiger charge is 2.27. The number of hydrogen-bond acceptors (Lipinski definition) is 6. The van der Waals surface area contributed by atoms with Crippen molar-refractivity contribution >= 4 is 11.8 Å². The fourth-order valence-electron chi connectivity index (χ4n) is 3.95. The van der Waals surface area contributed by atoms with E-state index in [1.165, 1.54) is 6.42 Å². The zero-order valence-electron chi connectivity index (χ0n) is 16.4. The molecule has 4 rings (SSSR count). The van der Waals surface area contributed by atoms with Crippen molar-refractivity contribution < 1.29 is 4.79 Å². The van der Waals surface area contributed by atoms with E-state index in [1.807, 2.05) is 4.90 Å². The predicted molar refractivity (Wildman–Crippen MR) is 105 cm³/mol. The Hall–Kier alpha value is -2.71. The summed E-state index contributed by atoms with van der Waals surface area (Å²) in [5.41, 5.74) is 0. The highest BCUT2D eigenvalue weighted by Crippen LogP contribution is 2.21. The Labute approximate surface area is 165 Å². The van der Waals surface area contributed by atoms with Crippen LogP contribution in [-0.2, 0) is 13.0 Å². The first-order valence-corrected chi connectivity index (χ1v) is 10.2. The van der Waals surface area contributed by atoms with Gasteiger partial charge < -0.3 is 19.7 Å². The normalized spacial score (nSPS) is 18.3. The van der Waals surface area contributed by atoms with Crippen LogP contribution in [-0.4, -0.2) is 61.8 Å². The molecule has 4 heterocycles. The number of aryl methyl sites for hydroxylation is 1. The Morgan fingerprint density at radius 2 is 1.96 bits per heavy atom. The number of anilines is 1. The molecular formula is C19H28N8O. The van der Waals surface area contributed by atoms with Crippen molar-refractivity contribution in [1.82, 2.24) is 34.9 Å². The molecule has 2 aliphatic rings. The van der Waals surface area contributed by atoms with Gasteiger partial charge in [0.15, 0.2) is 5.82 Å². The molecule has 0 aromatic carbocycles. The van der Waals surface area contributed by atoms with Crippen molar-refractivity contribution in [3.8, 4) is 0 Å². The van der Waals surface area contributed by atoms with Crippen LogP contribution in [0.15, 0.2) is 18.6 Å². The quantitative estimate of drug-likeness (QED) is 0.864. The third-order valence-corrected chi connectivity index (χ3v) is 5.60. The summed E-state index contributed by atoms with van der Waals surface area (Å²) in [5, 5.41) is 12.0. The van der Waals surface area contributed by atoms with Gasteiger partial charge in [0.1, 0.15) is 11.6 Å². The molecule has 1 fully saturated rings. The minimum absolute atomic E-state index is 0.0309. The lowest BCUT2D eigenvalue weighted by molar-refractivity contribution is 0.189. The molecule has 0 spiro atoms. The van der Waals surface area contributed by atoms with Crippen LogP contribution < -0.4 is 10.2 Å². The summed E-state index contributed by atoms with van der Waals surface area (Å²) in [5.74, 6) is 2.81. The first-order chi connectivity index (χ1) is 13.8. The fraction of sp³-hybridized carbons (Fsp3) is 0.632. The summed E-state index contributed by atoms with van der Waals surface area (Å²) in [7, 11) is 0. The van der Waals surface area contributed by atoms with E-state index in [4.69, 9.17) is 0 Å². The second-order valence-corrected chi connectivity index (χ2v) is 7.38. The molecule has 0 bridgehead atoms. The maximum absolute atomic E-state index is 12.9. The molecule has 150 valence electrons.